The Labute approximate surface area is 165 Å². The van der Waals surface area contributed by atoms with Gasteiger partial charge in [0.15, 0.2) is 0 Å². The SMILES string of the molecule is Cc1cc(C(=O)NN)cc(-n2nc3ccc(Sc4ccccc4)cc3n2)c1O. The predicted octanol–water partition coefficient (Wildman–Crippen LogP) is 3.19. The number of nitrogens with zero attached hydrogens (tertiary/aromatic N) is 3. The van der Waals surface area contributed by atoms with Crippen molar-refractivity contribution < 1.29 is 9.90 Å². The van der Waals surface area contributed by atoms with E-state index in [0.717, 1.165) is 9.79 Å². The molecule has 0 saturated carbocycles. The molecule has 4 rings (SSSR count). The van der Waals surface area contributed by atoms with E-state index < -0.39 is 5.91 Å². The van der Waals surface area contributed by atoms with Gasteiger partial charge >= 0.3 is 0 Å². The first-order chi connectivity index (χ1) is 13.5. The standard InChI is InChI=1S/C20H17N5O2S/c1-12-9-13(20(27)22-21)10-18(19(12)26)25-23-16-8-7-15(11-17(16)24-25)28-14-5-3-2-4-6-14/h2-11,26H,21H2,1H3,(H,22,27). The van der Waals surface area contributed by atoms with Crippen LogP contribution in [0.2, 0.25) is 0 Å². The zero-order chi connectivity index (χ0) is 19.7. The third kappa shape index (κ3) is 3.42. The Balaban J connectivity index is 1.74. The molecule has 1 amide bonds. The van der Waals surface area contributed by atoms with E-state index in [1.807, 2.05) is 48.5 Å². The van der Waals surface area contributed by atoms with Crippen molar-refractivity contribution in [2.45, 2.75) is 16.7 Å². The summed E-state index contributed by atoms with van der Waals surface area (Å²) in [7, 11) is 0. The van der Waals surface area contributed by atoms with E-state index >= 15 is 0 Å². The van der Waals surface area contributed by atoms with Crippen molar-refractivity contribution in [1.82, 2.24) is 20.4 Å². The average molecular weight is 391 g/mol. The number of nitrogens with one attached hydrogen (secondary N) is 1. The normalized spacial score (nSPS) is 10.9. The van der Waals surface area contributed by atoms with E-state index in [1.165, 1.54) is 10.9 Å². The van der Waals surface area contributed by atoms with Crippen LogP contribution in [0.25, 0.3) is 16.7 Å². The number of aromatic nitrogens is 3. The van der Waals surface area contributed by atoms with Crippen molar-refractivity contribution >= 4 is 28.7 Å². The van der Waals surface area contributed by atoms with Gasteiger partial charge in [-0.2, -0.15) is 0 Å². The lowest BCUT2D eigenvalue weighted by molar-refractivity contribution is 0.0953. The third-order valence-electron chi connectivity index (χ3n) is 4.22. The molecule has 3 aromatic carbocycles. The van der Waals surface area contributed by atoms with Crippen LogP contribution < -0.4 is 11.3 Å². The molecule has 0 unspecified atom stereocenters. The first kappa shape index (κ1) is 18.0. The summed E-state index contributed by atoms with van der Waals surface area (Å²) in [5, 5.41) is 19.4. The number of phenols is 1. The fourth-order valence-electron chi connectivity index (χ4n) is 2.82. The molecule has 0 saturated heterocycles. The second-order valence-electron chi connectivity index (χ2n) is 6.19. The third-order valence-corrected chi connectivity index (χ3v) is 5.22. The molecule has 0 spiro atoms. The van der Waals surface area contributed by atoms with Crippen LogP contribution in [0.15, 0.2) is 70.5 Å². The minimum atomic E-state index is -0.456. The predicted molar refractivity (Wildman–Crippen MR) is 107 cm³/mol. The van der Waals surface area contributed by atoms with Gasteiger partial charge in [-0.1, -0.05) is 30.0 Å². The lowest BCUT2D eigenvalue weighted by atomic mass is 10.1. The van der Waals surface area contributed by atoms with Gasteiger partial charge in [0.2, 0.25) is 0 Å². The number of hydrazine groups is 1. The number of phenolic OH excluding ortho intramolecular Hbond substituents is 1. The first-order valence-electron chi connectivity index (χ1n) is 8.50. The van der Waals surface area contributed by atoms with Gasteiger partial charge in [0.1, 0.15) is 22.5 Å². The number of hydrogen-bond acceptors (Lipinski definition) is 6. The summed E-state index contributed by atoms with van der Waals surface area (Å²) in [6.45, 7) is 1.70. The van der Waals surface area contributed by atoms with Crippen LogP contribution in [0.1, 0.15) is 15.9 Å². The minimum absolute atomic E-state index is 0.00719. The Morgan fingerprint density at radius 1 is 1.04 bits per heavy atom. The van der Waals surface area contributed by atoms with Crippen LogP contribution in [0.4, 0.5) is 0 Å². The monoisotopic (exact) mass is 391 g/mol. The molecular formula is C20H17N5O2S. The van der Waals surface area contributed by atoms with Crippen LogP contribution in [-0.4, -0.2) is 26.0 Å². The van der Waals surface area contributed by atoms with E-state index in [9.17, 15) is 9.90 Å². The number of carbonyl (C=O) groups is 1. The number of nitrogens with two attached hydrogens (primary N) is 1. The number of benzene rings is 3. The number of rotatable bonds is 4. The molecule has 0 fully saturated rings. The van der Waals surface area contributed by atoms with Gasteiger partial charge < -0.3 is 5.11 Å². The number of amides is 1. The highest BCUT2D eigenvalue weighted by Gasteiger charge is 2.15. The van der Waals surface area contributed by atoms with E-state index in [4.69, 9.17) is 5.84 Å². The van der Waals surface area contributed by atoms with E-state index in [1.54, 1.807) is 24.8 Å². The maximum Gasteiger partial charge on any atom is 0.265 e. The fourth-order valence-corrected chi connectivity index (χ4v) is 3.69. The van der Waals surface area contributed by atoms with Gasteiger partial charge in [0.05, 0.1) is 0 Å². The summed E-state index contributed by atoms with van der Waals surface area (Å²) < 4.78 is 0. The van der Waals surface area contributed by atoms with Crippen molar-refractivity contribution in [2.24, 2.45) is 5.84 Å². The zero-order valence-corrected chi connectivity index (χ0v) is 15.8. The molecule has 28 heavy (non-hydrogen) atoms. The lowest BCUT2D eigenvalue weighted by Gasteiger charge is -2.09. The molecule has 8 heteroatoms. The topological polar surface area (TPSA) is 106 Å². The van der Waals surface area contributed by atoms with Crippen LogP contribution >= 0.6 is 11.8 Å². The summed E-state index contributed by atoms with van der Waals surface area (Å²) in [6, 6.07) is 18.9. The zero-order valence-electron chi connectivity index (χ0n) is 15.0. The number of aryl methyl sites for hydroxylation is 1. The molecule has 0 aliphatic rings. The smallest absolute Gasteiger partial charge is 0.265 e. The van der Waals surface area contributed by atoms with Crippen LogP contribution in [0.5, 0.6) is 5.75 Å². The van der Waals surface area contributed by atoms with E-state index in [-0.39, 0.29) is 5.75 Å². The van der Waals surface area contributed by atoms with Gasteiger partial charge in [-0.25, -0.2) is 5.84 Å². The maximum atomic E-state index is 11.9. The molecule has 0 aliphatic carbocycles. The van der Waals surface area contributed by atoms with Gasteiger partial charge in [0, 0.05) is 15.4 Å². The Morgan fingerprint density at radius 3 is 2.54 bits per heavy atom. The first-order valence-corrected chi connectivity index (χ1v) is 9.32. The molecule has 0 radical (unpaired) electrons. The highest BCUT2D eigenvalue weighted by Crippen LogP contribution is 2.31. The molecule has 4 N–H and O–H groups in total. The number of aromatic hydroxyl groups is 1. The highest BCUT2D eigenvalue weighted by molar-refractivity contribution is 7.99. The molecule has 0 bridgehead atoms. The van der Waals surface area contributed by atoms with Crippen molar-refractivity contribution in [3.05, 3.63) is 71.8 Å². The van der Waals surface area contributed by atoms with Crippen molar-refractivity contribution in [1.29, 1.82) is 0 Å². The number of carbonyl (C=O) groups excluding carboxylic acids is 1. The highest BCUT2D eigenvalue weighted by atomic mass is 32.2. The van der Waals surface area contributed by atoms with Crippen LogP contribution in [-0.2, 0) is 0 Å². The molecule has 7 nitrogen and oxygen atoms in total. The van der Waals surface area contributed by atoms with Gasteiger partial charge in [-0.3, -0.25) is 10.2 Å². The van der Waals surface area contributed by atoms with Crippen LogP contribution in [0, 0.1) is 6.92 Å². The van der Waals surface area contributed by atoms with Crippen molar-refractivity contribution in [2.75, 3.05) is 0 Å². The van der Waals surface area contributed by atoms with Gasteiger partial charge in [-0.05, 0) is 55.0 Å². The Morgan fingerprint density at radius 2 is 1.79 bits per heavy atom. The number of hydrogen-bond donors (Lipinski definition) is 3. The summed E-state index contributed by atoms with van der Waals surface area (Å²) in [5.74, 6) is 4.77. The molecule has 4 aromatic rings. The van der Waals surface area contributed by atoms with E-state index in [2.05, 4.69) is 15.6 Å². The van der Waals surface area contributed by atoms with Crippen LogP contribution in [0.3, 0.4) is 0 Å². The Bertz CT molecular complexity index is 1170. The molecular weight excluding hydrogens is 374 g/mol. The summed E-state index contributed by atoms with van der Waals surface area (Å²) in [6.07, 6.45) is 0. The van der Waals surface area contributed by atoms with E-state index in [0.29, 0.717) is 27.8 Å². The number of nitrogen functional groups attached to an aromatic ring is 1. The average Bonchev–Trinajstić information content (AvgIpc) is 3.13. The van der Waals surface area contributed by atoms with Gasteiger partial charge in [-0.15, -0.1) is 15.0 Å². The summed E-state index contributed by atoms with van der Waals surface area (Å²) in [5.41, 5.74) is 4.61. The quantitative estimate of drug-likeness (QED) is 0.280. The van der Waals surface area contributed by atoms with Crippen molar-refractivity contribution in [3.63, 3.8) is 0 Å². The second kappa shape index (κ2) is 7.34. The number of fused-ring (bicyclic) bond motifs is 1. The maximum absolute atomic E-state index is 11.9. The molecule has 0 aliphatic heterocycles. The van der Waals surface area contributed by atoms with Gasteiger partial charge in [0.25, 0.3) is 5.91 Å². The largest absolute Gasteiger partial charge is 0.505 e. The molecule has 140 valence electrons. The summed E-state index contributed by atoms with van der Waals surface area (Å²) in [4.78, 5) is 15.4. The van der Waals surface area contributed by atoms with Crippen molar-refractivity contribution in [3.8, 4) is 11.4 Å². The Kier molecular flexibility index (Phi) is 4.72. The minimum Gasteiger partial charge on any atom is -0.505 e. The second-order valence-corrected chi connectivity index (χ2v) is 7.34. The fraction of sp³-hybridized carbons (Fsp3) is 0.0500. The lowest BCUT2D eigenvalue weighted by Crippen LogP contribution is -2.30. The Hall–Kier alpha value is -3.36. The molecule has 0 atom stereocenters. The molecule has 1 aromatic heterocycles. The molecule has 1 heterocycles. The summed E-state index contributed by atoms with van der Waals surface area (Å²) >= 11 is 1.63.